The second kappa shape index (κ2) is 7.23. The van der Waals surface area contributed by atoms with E-state index in [4.69, 9.17) is 9.26 Å². The lowest BCUT2D eigenvalue weighted by molar-refractivity contribution is 0.386. The molecule has 6 heteroatoms. The number of ether oxygens (including phenoxy) is 1. The minimum absolute atomic E-state index is 0.0380. The van der Waals surface area contributed by atoms with Gasteiger partial charge in [0.25, 0.3) is 0 Å². The van der Waals surface area contributed by atoms with E-state index in [2.05, 4.69) is 15.5 Å². The molecule has 0 amide bonds. The van der Waals surface area contributed by atoms with Gasteiger partial charge in [-0.3, -0.25) is 4.98 Å². The number of pyridine rings is 1. The lowest BCUT2D eigenvalue weighted by Gasteiger charge is -2.14. The summed E-state index contributed by atoms with van der Waals surface area (Å²) in [6, 6.07) is 10.2. The third-order valence-corrected chi connectivity index (χ3v) is 3.58. The first-order chi connectivity index (χ1) is 11.6. The lowest BCUT2D eigenvalue weighted by atomic mass is 10.1. The molecule has 0 aliphatic carbocycles. The normalized spacial score (nSPS) is 12.1. The molecule has 1 atom stereocenters. The molecule has 0 bridgehead atoms. The fourth-order valence-corrected chi connectivity index (χ4v) is 2.28. The molecule has 0 aliphatic heterocycles. The average Bonchev–Trinajstić information content (AvgIpc) is 3.01. The topological polar surface area (TPSA) is 60.2 Å². The van der Waals surface area contributed by atoms with E-state index < -0.39 is 5.82 Å². The average molecular weight is 327 g/mol. The molecule has 0 fully saturated rings. The number of benzene rings is 1. The Balaban J connectivity index is 1.65. The van der Waals surface area contributed by atoms with Crippen LogP contribution in [-0.4, -0.2) is 10.1 Å². The number of hydrogen-bond acceptors (Lipinski definition) is 5. The van der Waals surface area contributed by atoms with Crippen LogP contribution in [0.25, 0.3) is 0 Å². The van der Waals surface area contributed by atoms with Gasteiger partial charge in [-0.1, -0.05) is 11.2 Å². The molecule has 2 heterocycles. The maximum Gasteiger partial charge on any atom is 0.166 e. The van der Waals surface area contributed by atoms with E-state index in [1.54, 1.807) is 24.4 Å². The molecule has 3 aromatic rings. The monoisotopic (exact) mass is 327 g/mol. The van der Waals surface area contributed by atoms with Crippen molar-refractivity contribution in [1.82, 2.24) is 15.5 Å². The summed E-state index contributed by atoms with van der Waals surface area (Å²) in [6.45, 7) is 4.35. The van der Waals surface area contributed by atoms with Crippen molar-refractivity contribution >= 4 is 0 Å². The predicted molar refractivity (Wildman–Crippen MR) is 87.2 cm³/mol. The van der Waals surface area contributed by atoms with Crippen LogP contribution in [0.4, 0.5) is 4.39 Å². The van der Waals surface area contributed by atoms with Crippen LogP contribution < -0.4 is 10.1 Å². The molecule has 24 heavy (non-hydrogen) atoms. The van der Waals surface area contributed by atoms with E-state index in [0.29, 0.717) is 12.3 Å². The Labute approximate surface area is 139 Å². The number of aryl methyl sites for hydroxylation is 1. The smallest absolute Gasteiger partial charge is 0.166 e. The molecule has 3 rings (SSSR count). The van der Waals surface area contributed by atoms with Crippen molar-refractivity contribution in [3.63, 3.8) is 0 Å². The van der Waals surface area contributed by atoms with Crippen LogP contribution >= 0.6 is 0 Å². The SMILES string of the molecule is Cc1cc(CN[C@H](C)c2ccc(Oc3cccnc3)c(F)c2)no1. The molecule has 2 aromatic heterocycles. The highest BCUT2D eigenvalue weighted by Gasteiger charge is 2.11. The Morgan fingerprint density at radius 2 is 2.17 bits per heavy atom. The van der Waals surface area contributed by atoms with Crippen LogP contribution in [0, 0.1) is 12.7 Å². The number of nitrogens with zero attached hydrogens (tertiary/aromatic N) is 2. The van der Waals surface area contributed by atoms with Crippen molar-refractivity contribution in [2.24, 2.45) is 0 Å². The van der Waals surface area contributed by atoms with Crippen molar-refractivity contribution < 1.29 is 13.7 Å². The highest BCUT2D eigenvalue weighted by Crippen LogP contribution is 2.26. The molecule has 0 radical (unpaired) electrons. The zero-order chi connectivity index (χ0) is 16.9. The first-order valence-corrected chi connectivity index (χ1v) is 7.65. The fourth-order valence-electron chi connectivity index (χ4n) is 2.28. The summed E-state index contributed by atoms with van der Waals surface area (Å²) in [5.41, 5.74) is 1.64. The van der Waals surface area contributed by atoms with Crippen LogP contribution in [0.3, 0.4) is 0 Å². The van der Waals surface area contributed by atoms with Gasteiger partial charge in [-0.15, -0.1) is 0 Å². The quantitative estimate of drug-likeness (QED) is 0.736. The summed E-state index contributed by atoms with van der Waals surface area (Å²) in [5, 5.41) is 7.21. The zero-order valence-electron chi connectivity index (χ0n) is 13.5. The molecule has 0 spiro atoms. The molecule has 1 N–H and O–H groups in total. The Kier molecular flexibility index (Phi) is 4.86. The van der Waals surface area contributed by atoms with Crippen LogP contribution in [0.5, 0.6) is 11.5 Å². The molecule has 0 saturated carbocycles. The van der Waals surface area contributed by atoms with Crippen molar-refractivity contribution in [1.29, 1.82) is 0 Å². The molecule has 124 valence electrons. The third-order valence-electron chi connectivity index (χ3n) is 3.58. The van der Waals surface area contributed by atoms with Crippen molar-refractivity contribution in [3.8, 4) is 11.5 Å². The van der Waals surface area contributed by atoms with E-state index >= 15 is 0 Å². The van der Waals surface area contributed by atoms with Crippen molar-refractivity contribution in [2.45, 2.75) is 26.4 Å². The highest BCUT2D eigenvalue weighted by molar-refractivity contribution is 5.34. The number of rotatable bonds is 6. The molecule has 0 unspecified atom stereocenters. The van der Waals surface area contributed by atoms with Gasteiger partial charge in [-0.25, -0.2) is 4.39 Å². The van der Waals surface area contributed by atoms with Gasteiger partial charge in [0.2, 0.25) is 0 Å². The summed E-state index contributed by atoms with van der Waals surface area (Å²) < 4.78 is 24.8. The van der Waals surface area contributed by atoms with Gasteiger partial charge >= 0.3 is 0 Å². The molecule has 1 aromatic carbocycles. The molecule has 0 saturated heterocycles. The Morgan fingerprint density at radius 1 is 1.29 bits per heavy atom. The summed E-state index contributed by atoms with van der Waals surface area (Å²) in [5.74, 6) is 1.02. The van der Waals surface area contributed by atoms with E-state index in [1.165, 1.54) is 12.3 Å². The number of hydrogen-bond donors (Lipinski definition) is 1. The maximum atomic E-state index is 14.3. The predicted octanol–water partition coefficient (Wildman–Crippen LogP) is 4.16. The minimum atomic E-state index is -0.415. The van der Waals surface area contributed by atoms with Gasteiger partial charge in [0.15, 0.2) is 11.6 Å². The van der Waals surface area contributed by atoms with Crippen LogP contribution in [-0.2, 0) is 6.54 Å². The van der Waals surface area contributed by atoms with E-state index in [1.807, 2.05) is 26.0 Å². The van der Waals surface area contributed by atoms with E-state index in [-0.39, 0.29) is 11.8 Å². The largest absolute Gasteiger partial charge is 0.453 e. The Hall–Kier alpha value is -2.73. The summed E-state index contributed by atoms with van der Waals surface area (Å²) >= 11 is 0. The minimum Gasteiger partial charge on any atom is -0.453 e. The van der Waals surface area contributed by atoms with Crippen LogP contribution in [0.2, 0.25) is 0 Å². The van der Waals surface area contributed by atoms with Crippen molar-refractivity contribution in [2.75, 3.05) is 0 Å². The van der Waals surface area contributed by atoms with Gasteiger partial charge in [0.1, 0.15) is 11.5 Å². The number of nitrogens with one attached hydrogen (secondary N) is 1. The summed E-state index contributed by atoms with van der Waals surface area (Å²) in [6.07, 6.45) is 3.17. The Morgan fingerprint density at radius 3 is 2.83 bits per heavy atom. The number of aromatic nitrogens is 2. The zero-order valence-corrected chi connectivity index (χ0v) is 13.5. The van der Waals surface area contributed by atoms with Gasteiger partial charge < -0.3 is 14.6 Å². The second-order valence-corrected chi connectivity index (χ2v) is 5.51. The van der Waals surface area contributed by atoms with Crippen LogP contribution in [0.15, 0.2) is 53.3 Å². The first kappa shape index (κ1) is 16.1. The lowest BCUT2D eigenvalue weighted by Crippen LogP contribution is -2.18. The maximum absolute atomic E-state index is 14.3. The third kappa shape index (κ3) is 3.97. The van der Waals surface area contributed by atoms with E-state index in [9.17, 15) is 4.39 Å². The Bertz CT molecular complexity index is 805. The first-order valence-electron chi connectivity index (χ1n) is 7.65. The standard InChI is InChI=1S/C18H18FN3O2/c1-12-8-15(22-24-12)10-21-13(2)14-5-6-18(17(19)9-14)23-16-4-3-7-20-11-16/h3-9,11,13,21H,10H2,1-2H3/t13-/m1/s1. The second-order valence-electron chi connectivity index (χ2n) is 5.51. The highest BCUT2D eigenvalue weighted by atomic mass is 19.1. The van der Waals surface area contributed by atoms with Gasteiger partial charge in [-0.05, 0) is 43.7 Å². The van der Waals surface area contributed by atoms with Gasteiger partial charge in [0.05, 0.1) is 11.9 Å². The van der Waals surface area contributed by atoms with Gasteiger partial charge in [-0.2, -0.15) is 0 Å². The summed E-state index contributed by atoms with van der Waals surface area (Å²) in [7, 11) is 0. The molecular formula is C18H18FN3O2. The fraction of sp³-hybridized carbons (Fsp3) is 0.222. The van der Waals surface area contributed by atoms with Crippen molar-refractivity contribution in [3.05, 3.63) is 71.6 Å². The molecule has 5 nitrogen and oxygen atoms in total. The molecular weight excluding hydrogens is 309 g/mol. The molecule has 0 aliphatic rings. The van der Waals surface area contributed by atoms with Crippen LogP contribution in [0.1, 0.15) is 30.0 Å². The summed E-state index contributed by atoms with van der Waals surface area (Å²) in [4.78, 5) is 3.94. The number of halogens is 1. The van der Waals surface area contributed by atoms with Gasteiger partial charge in [0, 0.05) is 24.8 Å². The van der Waals surface area contributed by atoms with E-state index in [0.717, 1.165) is 17.0 Å².